The summed E-state index contributed by atoms with van der Waals surface area (Å²) in [6.07, 6.45) is 2.36. The van der Waals surface area contributed by atoms with Crippen molar-refractivity contribution >= 4 is 5.97 Å². The first kappa shape index (κ1) is 10.6. The molecule has 0 spiro atoms. The number of benzene rings is 1. The molecule has 1 aliphatic heterocycles. The second-order valence-corrected chi connectivity index (χ2v) is 4.93. The Morgan fingerprint density at radius 3 is 2.76 bits per heavy atom. The molecular weight excluding hydrogens is 218 g/mol. The molecule has 1 unspecified atom stereocenters. The summed E-state index contributed by atoms with van der Waals surface area (Å²) in [7, 11) is 0. The number of carbonyl (C=O) groups is 1. The number of phenols is 1. The fourth-order valence-corrected chi connectivity index (χ4v) is 2.60. The van der Waals surface area contributed by atoms with Gasteiger partial charge < -0.3 is 10.2 Å². The van der Waals surface area contributed by atoms with Crippen LogP contribution in [-0.4, -0.2) is 33.7 Å². The first-order valence-electron chi connectivity index (χ1n) is 5.94. The van der Waals surface area contributed by atoms with Gasteiger partial charge in [0.15, 0.2) is 0 Å². The van der Waals surface area contributed by atoms with Gasteiger partial charge >= 0.3 is 5.97 Å². The van der Waals surface area contributed by atoms with Crippen LogP contribution in [0.25, 0.3) is 0 Å². The standard InChI is InChI=1S/C13H15NO3/c15-10-4-1-8-6-14(9-2-3-9)7-12(13(16)17)11(8)5-10/h1,4-5,9,12,15H,2-3,6-7H2,(H,16,17). The molecule has 4 nitrogen and oxygen atoms in total. The first-order valence-corrected chi connectivity index (χ1v) is 5.94. The molecule has 1 atom stereocenters. The van der Waals surface area contributed by atoms with Crippen LogP contribution in [0.15, 0.2) is 18.2 Å². The van der Waals surface area contributed by atoms with E-state index in [0.29, 0.717) is 12.6 Å². The van der Waals surface area contributed by atoms with E-state index in [1.54, 1.807) is 12.1 Å². The monoisotopic (exact) mass is 233 g/mol. The molecule has 0 saturated heterocycles. The van der Waals surface area contributed by atoms with Crippen LogP contribution in [0, 0.1) is 0 Å². The lowest BCUT2D eigenvalue weighted by Gasteiger charge is -2.32. The zero-order chi connectivity index (χ0) is 12.0. The van der Waals surface area contributed by atoms with Crippen molar-refractivity contribution in [3.8, 4) is 5.75 Å². The van der Waals surface area contributed by atoms with Gasteiger partial charge in [-0.3, -0.25) is 9.69 Å². The van der Waals surface area contributed by atoms with Crippen LogP contribution in [0.1, 0.15) is 29.9 Å². The molecule has 1 aromatic carbocycles. The Morgan fingerprint density at radius 1 is 1.35 bits per heavy atom. The number of fused-ring (bicyclic) bond motifs is 1. The number of aliphatic carboxylic acids is 1. The summed E-state index contributed by atoms with van der Waals surface area (Å²) < 4.78 is 0. The minimum Gasteiger partial charge on any atom is -0.508 e. The van der Waals surface area contributed by atoms with Crippen LogP contribution in [-0.2, 0) is 11.3 Å². The van der Waals surface area contributed by atoms with Crippen LogP contribution in [0.5, 0.6) is 5.75 Å². The minimum absolute atomic E-state index is 0.148. The Balaban J connectivity index is 1.98. The number of hydrogen-bond donors (Lipinski definition) is 2. The van der Waals surface area contributed by atoms with Gasteiger partial charge in [-0.15, -0.1) is 0 Å². The van der Waals surface area contributed by atoms with Crippen molar-refractivity contribution in [3.63, 3.8) is 0 Å². The topological polar surface area (TPSA) is 60.8 Å². The molecule has 4 heteroatoms. The second kappa shape index (κ2) is 3.74. The van der Waals surface area contributed by atoms with Crippen molar-refractivity contribution in [1.82, 2.24) is 4.90 Å². The highest BCUT2D eigenvalue weighted by Crippen LogP contribution is 2.37. The zero-order valence-electron chi connectivity index (χ0n) is 9.47. The minimum atomic E-state index is -0.804. The SMILES string of the molecule is O=C(O)C1CN(C2CC2)Cc2ccc(O)cc21. The molecule has 3 rings (SSSR count). The van der Waals surface area contributed by atoms with Gasteiger partial charge in [0.1, 0.15) is 5.75 Å². The highest BCUT2D eigenvalue weighted by Gasteiger charge is 2.37. The third-order valence-electron chi connectivity index (χ3n) is 3.66. The van der Waals surface area contributed by atoms with E-state index in [1.807, 2.05) is 6.07 Å². The predicted octanol–water partition coefficient (Wildman–Crippen LogP) is 1.54. The van der Waals surface area contributed by atoms with E-state index >= 15 is 0 Å². The van der Waals surface area contributed by atoms with Gasteiger partial charge in [-0.2, -0.15) is 0 Å². The molecule has 1 aliphatic carbocycles. The van der Waals surface area contributed by atoms with Crippen molar-refractivity contribution in [3.05, 3.63) is 29.3 Å². The van der Waals surface area contributed by atoms with E-state index in [-0.39, 0.29) is 5.75 Å². The molecule has 1 fully saturated rings. The highest BCUT2D eigenvalue weighted by atomic mass is 16.4. The quantitative estimate of drug-likeness (QED) is 0.813. The summed E-state index contributed by atoms with van der Waals surface area (Å²) in [6.45, 7) is 1.38. The van der Waals surface area contributed by atoms with E-state index in [2.05, 4.69) is 4.90 Å². The Morgan fingerprint density at radius 2 is 2.12 bits per heavy atom. The normalized spacial score (nSPS) is 24.4. The van der Waals surface area contributed by atoms with Gasteiger partial charge in [-0.1, -0.05) is 6.07 Å². The molecule has 2 aliphatic rings. The van der Waals surface area contributed by atoms with Crippen LogP contribution in [0.4, 0.5) is 0 Å². The second-order valence-electron chi connectivity index (χ2n) is 4.93. The average Bonchev–Trinajstić information content (AvgIpc) is 3.11. The summed E-state index contributed by atoms with van der Waals surface area (Å²) in [6, 6.07) is 5.64. The Bertz CT molecular complexity index is 468. The Hall–Kier alpha value is -1.55. The maximum atomic E-state index is 11.3. The van der Waals surface area contributed by atoms with Crippen molar-refractivity contribution in [1.29, 1.82) is 0 Å². The lowest BCUT2D eigenvalue weighted by molar-refractivity contribution is -0.139. The molecule has 1 saturated carbocycles. The van der Waals surface area contributed by atoms with Gasteiger partial charge in [0, 0.05) is 19.1 Å². The fourth-order valence-electron chi connectivity index (χ4n) is 2.60. The number of phenolic OH excluding ortho intramolecular Hbond substituents is 1. The lowest BCUT2D eigenvalue weighted by atomic mass is 9.89. The van der Waals surface area contributed by atoms with E-state index in [1.165, 1.54) is 12.8 Å². The van der Waals surface area contributed by atoms with Crippen LogP contribution in [0.2, 0.25) is 0 Å². The third-order valence-corrected chi connectivity index (χ3v) is 3.66. The molecule has 0 aromatic heterocycles. The molecule has 2 N–H and O–H groups in total. The zero-order valence-corrected chi connectivity index (χ0v) is 9.47. The maximum absolute atomic E-state index is 11.3. The molecule has 90 valence electrons. The Kier molecular flexibility index (Phi) is 2.33. The van der Waals surface area contributed by atoms with Gasteiger partial charge in [0.05, 0.1) is 5.92 Å². The van der Waals surface area contributed by atoms with Crippen molar-refractivity contribution in [2.75, 3.05) is 6.54 Å². The summed E-state index contributed by atoms with van der Waals surface area (Å²) in [5.74, 6) is -1.16. The molecule has 0 bridgehead atoms. The molecule has 17 heavy (non-hydrogen) atoms. The van der Waals surface area contributed by atoms with Crippen molar-refractivity contribution < 1.29 is 15.0 Å². The van der Waals surface area contributed by atoms with Crippen molar-refractivity contribution in [2.24, 2.45) is 0 Å². The van der Waals surface area contributed by atoms with Gasteiger partial charge in [-0.05, 0) is 36.1 Å². The van der Waals surface area contributed by atoms with Crippen LogP contribution >= 0.6 is 0 Å². The maximum Gasteiger partial charge on any atom is 0.312 e. The summed E-state index contributed by atoms with van der Waals surface area (Å²) >= 11 is 0. The van der Waals surface area contributed by atoms with Gasteiger partial charge in [0.25, 0.3) is 0 Å². The average molecular weight is 233 g/mol. The van der Waals surface area contributed by atoms with Gasteiger partial charge in [0.2, 0.25) is 0 Å². The predicted molar refractivity (Wildman–Crippen MR) is 61.9 cm³/mol. The number of nitrogens with zero attached hydrogens (tertiary/aromatic N) is 1. The first-order chi connectivity index (χ1) is 8.15. The summed E-state index contributed by atoms with van der Waals surface area (Å²) in [5, 5.41) is 18.8. The Labute approximate surface area is 99.5 Å². The fraction of sp³-hybridized carbons (Fsp3) is 0.462. The summed E-state index contributed by atoms with van der Waals surface area (Å²) in [4.78, 5) is 13.6. The number of rotatable bonds is 2. The van der Waals surface area contributed by atoms with E-state index < -0.39 is 11.9 Å². The van der Waals surface area contributed by atoms with Crippen LogP contribution in [0.3, 0.4) is 0 Å². The molecule has 1 aromatic rings. The van der Waals surface area contributed by atoms with E-state index in [0.717, 1.165) is 17.7 Å². The lowest BCUT2D eigenvalue weighted by Crippen LogP contribution is -2.38. The number of carboxylic acids is 1. The number of carboxylic acid groups (broad SMARTS) is 1. The molecule has 1 heterocycles. The molecule has 0 radical (unpaired) electrons. The van der Waals surface area contributed by atoms with E-state index in [9.17, 15) is 15.0 Å². The number of hydrogen-bond acceptors (Lipinski definition) is 3. The summed E-state index contributed by atoms with van der Waals surface area (Å²) in [5.41, 5.74) is 1.81. The number of aromatic hydroxyl groups is 1. The third kappa shape index (κ3) is 1.89. The highest BCUT2D eigenvalue weighted by molar-refractivity contribution is 5.77. The van der Waals surface area contributed by atoms with Crippen molar-refractivity contribution in [2.45, 2.75) is 31.3 Å². The van der Waals surface area contributed by atoms with E-state index in [4.69, 9.17) is 0 Å². The smallest absolute Gasteiger partial charge is 0.312 e. The molecule has 0 amide bonds. The van der Waals surface area contributed by atoms with Crippen LogP contribution < -0.4 is 0 Å². The largest absolute Gasteiger partial charge is 0.508 e. The van der Waals surface area contributed by atoms with Gasteiger partial charge in [-0.25, -0.2) is 0 Å². The molecular formula is C13H15NO3.